The zero-order chi connectivity index (χ0) is 13.9. The highest BCUT2D eigenvalue weighted by Gasteiger charge is 2.21. The average Bonchev–Trinajstić information content (AvgIpc) is 2.28. The van der Waals surface area contributed by atoms with Gasteiger partial charge in [-0.2, -0.15) is 0 Å². The van der Waals surface area contributed by atoms with Crippen molar-refractivity contribution in [2.75, 3.05) is 6.26 Å². The third kappa shape index (κ3) is 3.24. The molecule has 0 bridgehead atoms. The Morgan fingerprint density at radius 1 is 1.39 bits per heavy atom. The van der Waals surface area contributed by atoms with Crippen LogP contribution < -0.4 is 0 Å². The standard InChI is InChI=1S/C15H21NOS/c1-7-13(15(2,3)4)12-9-8-11(18(6)17)10-14(12)16-5/h7-10H,5H2,1-4,6H3/b13-7+. The molecule has 0 saturated heterocycles. The zero-order valence-corrected chi connectivity index (χ0v) is 12.6. The summed E-state index contributed by atoms with van der Waals surface area (Å²) in [6.45, 7) is 12.1. The van der Waals surface area contributed by atoms with Crippen molar-refractivity contribution in [3.63, 3.8) is 0 Å². The fourth-order valence-corrected chi connectivity index (χ4v) is 2.58. The van der Waals surface area contributed by atoms with E-state index in [1.807, 2.05) is 25.1 Å². The zero-order valence-electron chi connectivity index (χ0n) is 11.8. The molecule has 2 nitrogen and oxygen atoms in total. The topological polar surface area (TPSA) is 35.4 Å². The number of hydrogen-bond donors (Lipinski definition) is 0. The Labute approximate surface area is 113 Å². The molecule has 1 aromatic carbocycles. The largest absolute Gasteiger partial charge is 0.612 e. The molecular formula is C15H21NOS. The number of hydrogen-bond acceptors (Lipinski definition) is 2. The van der Waals surface area contributed by atoms with Crippen LogP contribution in [0.5, 0.6) is 0 Å². The van der Waals surface area contributed by atoms with E-state index in [1.165, 1.54) is 5.57 Å². The molecule has 0 aromatic heterocycles. The van der Waals surface area contributed by atoms with Crippen LogP contribution in [0.3, 0.4) is 0 Å². The second-order valence-electron chi connectivity index (χ2n) is 5.24. The fraction of sp³-hybridized carbons (Fsp3) is 0.400. The molecule has 0 heterocycles. The predicted octanol–water partition coefficient (Wildman–Crippen LogP) is 4.21. The summed E-state index contributed by atoms with van der Waals surface area (Å²) in [5.74, 6) is 0. The van der Waals surface area contributed by atoms with Crippen molar-refractivity contribution in [3.8, 4) is 0 Å². The average molecular weight is 263 g/mol. The van der Waals surface area contributed by atoms with E-state index in [2.05, 4.69) is 38.6 Å². The maximum absolute atomic E-state index is 11.5. The third-order valence-electron chi connectivity index (χ3n) is 2.86. The van der Waals surface area contributed by atoms with Crippen LogP contribution in [0.1, 0.15) is 33.3 Å². The van der Waals surface area contributed by atoms with Crippen LogP contribution in [-0.2, 0) is 11.2 Å². The molecule has 0 saturated carbocycles. The minimum atomic E-state index is -0.993. The lowest BCUT2D eigenvalue weighted by molar-refractivity contribution is 0.566. The van der Waals surface area contributed by atoms with Crippen LogP contribution in [0.2, 0.25) is 0 Å². The number of benzene rings is 1. The molecule has 1 atom stereocenters. The molecule has 0 amide bonds. The van der Waals surface area contributed by atoms with E-state index < -0.39 is 11.2 Å². The normalized spacial score (nSPS) is 14.4. The summed E-state index contributed by atoms with van der Waals surface area (Å²) in [5.41, 5.74) is 3.12. The summed E-state index contributed by atoms with van der Waals surface area (Å²) in [7, 11) is 0. The molecular weight excluding hydrogens is 242 g/mol. The predicted molar refractivity (Wildman–Crippen MR) is 81.1 cm³/mol. The van der Waals surface area contributed by atoms with Gasteiger partial charge in [0.05, 0.1) is 5.69 Å². The molecule has 3 heteroatoms. The second kappa shape index (κ2) is 5.72. The highest BCUT2D eigenvalue weighted by Crippen LogP contribution is 2.39. The van der Waals surface area contributed by atoms with Crippen molar-refractivity contribution in [2.24, 2.45) is 10.4 Å². The van der Waals surface area contributed by atoms with Gasteiger partial charge in [0.25, 0.3) is 0 Å². The first-order chi connectivity index (χ1) is 8.31. The summed E-state index contributed by atoms with van der Waals surface area (Å²) in [4.78, 5) is 4.85. The van der Waals surface area contributed by atoms with Gasteiger partial charge in [-0.05, 0) is 47.9 Å². The van der Waals surface area contributed by atoms with Crippen LogP contribution in [0, 0.1) is 5.41 Å². The number of aliphatic imine (C=N–C) groups is 1. The van der Waals surface area contributed by atoms with Crippen molar-refractivity contribution in [1.29, 1.82) is 0 Å². The summed E-state index contributed by atoms with van der Waals surface area (Å²) in [6, 6.07) is 5.74. The van der Waals surface area contributed by atoms with E-state index in [0.29, 0.717) is 0 Å². The molecule has 1 rings (SSSR count). The molecule has 1 aromatic rings. The van der Waals surface area contributed by atoms with Gasteiger partial charge in [0.2, 0.25) is 0 Å². The molecule has 0 radical (unpaired) electrons. The fourth-order valence-electron chi connectivity index (χ4n) is 2.04. The van der Waals surface area contributed by atoms with Crippen molar-refractivity contribution in [2.45, 2.75) is 32.6 Å². The van der Waals surface area contributed by atoms with Crippen molar-refractivity contribution < 1.29 is 4.55 Å². The number of rotatable bonds is 3. The molecule has 0 spiro atoms. The van der Waals surface area contributed by atoms with E-state index in [1.54, 1.807) is 6.26 Å². The lowest BCUT2D eigenvalue weighted by atomic mass is 9.81. The van der Waals surface area contributed by atoms with Gasteiger partial charge >= 0.3 is 0 Å². The summed E-state index contributed by atoms with van der Waals surface area (Å²) >= 11 is -0.993. The van der Waals surface area contributed by atoms with Crippen LogP contribution in [0.15, 0.2) is 34.2 Å². The van der Waals surface area contributed by atoms with Gasteiger partial charge in [-0.1, -0.05) is 26.8 Å². The maximum atomic E-state index is 11.5. The molecule has 0 N–H and O–H groups in total. The quantitative estimate of drug-likeness (QED) is 0.594. The highest BCUT2D eigenvalue weighted by atomic mass is 32.2. The first-order valence-electron chi connectivity index (χ1n) is 5.92. The molecule has 0 fully saturated rings. The van der Waals surface area contributed by atoms with Crippen LogP contribution in [-0.4, -0.2) is 17.5 Å². The van der Waals surface area contributed by atoms with Crippen molar-refractivity contribution in [1.82, 2.24) is 0 Å². The van der Waals surface area contributed by atoms with Crippen LogP contribution >= 0.6 is 0 Å². The van der Waals surface area contributed by atoms with Gasteiger partial charge in [0.1, 0.15) is 6.26 Å². The van der Waals surface area contributed by atoms with Gasteiger partial charge < -0.3 is 4.55 Å². The first-order valence-corrected chi connectivity index (χ1v) is 7.48. The molecule has 98 valence electrons. The molecule has 0 aliphatic rings. The maximum Gasteiger partial charge on any atom is 0.154 e. The summed E-state index contributed by atoms with van der Waals surface area (Å²) in [5, 5.41) is 0. The van der Waals surface area contributed by atoms with E-state index in [4.69, 9.17) is 0 Å². The number of allylic oxidation sites excluding steroid dienone is 2. The van der Waals surface area contributed by atoms with Crippen LogP contribution in [0.4, 0.5) is 5.69 Å². The first kappa shape index (κ1) is 15.0. The smallest absolute Gasteiger partial charge is 0.154 e. The lowest BCUT2D eigenvalue weighted by Crippen LogP contribution is -2.09. The van der Waals surface area contributed by atoms with E-state index in [0.717, 1.165) is 16.1 Å². The van der Waals surface area contributed by atoms with Gasteiger partial charge in [-0.25, -0.2) is 0 Å². The van der Waals surface area contributed by atoms with Crippen molar-refractivity contribution >= 4 is 29.2 Å². The van der Waals surface area contributed by atoms with Gasteiger partial charge in [0.15, 0.2) is 4.90 Å². The molecule has 0 aliphatic heterocycles. The minimum absolute atomic E-state index is 0.0427. The summed E-state index contributed by atoms with van der Waals surface area (Å²) in [6.07, 6.45) is 3.77. The van der Waals surface area contributed by atoms with Crippen LogP contribution in [0.25, 0.3) is 5.57 Å². The van der Waals surface area contributed by atoms with E-state index in [-0.39, 0.29) is 5.41 Å². The second-order valence-corrected chi connectivity index (χ2v) is 6.62. The molecule has 18 heavy (non-hydrogen) atoms. The van der Waals surface area contributed by atoms with Gasteiger partial charge in [0, 0.05) is 11.6 Å². The Morgan fingerprint density at radius 3 is 2.39 bits per heavy atom. The van der Waals surface area contributed by atoms with Gasteiger partial charge in [-0.15, -0.1) is 0 Å². The van der Waals surface area contributed by atoms with Gasteiger partial charge in [-0.3, -0.25) is 4.99 Å². The summed E-state index contributed by atoms with van der Waals surface area (Å²) < 4.78 is 11.5. The lowest BCUT2D eigenvalue weighted by Gasteiger charge is -2.24. The SMILES string of the molecule is C=Nc1cc([S+](C)[O-])ccc1/C(=C\C)C(C)(C)C. The molecule has 1 unspecified atom stereocenters. The number of nitrogens with zero attached hydrogens (tertiary/aromatic N) is 1. The Morgan fingerprint density at radius 2 is 2.00 bits per heavy atom. The van der Waals surface area contributed by atoms with E-state index >= 15 is 0 Å². The minimum Gasteiger partial charge on any atom is -0.612 e. The van der Waals surface area contributed by atoms with E-state index in [9.17, 15) is 4.55 Å². The Hall–Kier alpha value is -1.06. The third-order valence-corrected chi connectivity index (χ3v) is 3.78. The Balaban J connectivity index is 3.38. The monoisotopic (exact) mass is 263 g/mol. The highest BCUT2D eigenvalue weighted by molar-refractivity contribution is 7.90. The molecule has 0 aliphatic carbocycles. The Kier molecular flexibility index (Phi) is 4.77. The van der Waals surface area contributed by atoms with Crippen molar-refractivity contribution in [3.05, 3.63) is 29.8 Å². The Bertz CT molecular complexity index is 470.